The van der Waals surface area contributed by atoms with E-state index in [4.69, 9.17) is 9.15 Å². The summed E-state index contributed by atoms with van der Waals surface area (Å²) in [5.41, 5.74) is -0.0363. The Balaban J connectivity index is 2.45. The van der Waals surface area contributed by atoms with E-state index in [0.29, 0.717) is 16.7 Å². The monoisotopic (exact) mass is 312 g/mol. The van der Waals surface area contributed by atoms with Crippen molar-refractivity contribution < 1.29 is 14.3 Å². The zero-order valence-corrected chi connectivity index (χ0v) is 11.6. The molecule has 0 amide bonds. The summed E-state index contributed by atoms with van der Waals surface area (Å²) in [6.07, 6.45) is -0.121. The summed E-state index contributed by atoms with van der Waals surface area (Å²) in [6, 6.07) is 5.95. The molecule has 2 unspecified atom stereocenters. The second-order valence-corrected chi connectivity index (χ2v) is 5.56. The first-order valence-corrected chi connectivity index (χ1v) is 6.46. The molecule has 1 aromatic heterocycles. The van der Waals surface area contributed by atoms with Crippen molar-refractivity contribution in [2.45, 2.75) is 24.8 Å². The third kappa shape index (κ3) is 2.67. The van der Waals surface area contributed by atoms with Gasteiger partial charge in [-0.25, -0.2) is 4.79 Å². The Kier molecular flexibility index (Phi) is 3.61. The molecule has 0 saturated carbocycles. The van der Waals surface area contributed by atoms with Gasteiger partial charge in [-0.2, -0.15) is 0 Å². The molecule has 2 aromatic rings. The first-order chi connectivity index (χ1) is 8.47. The van der Waals surface area contributed by atoms with Crippen LogP contribution in [0.4, 0.5) is 0 Å². The number of hydrogen-bond acceptors (Lipinski definition) is 4. The molecular weight excluding hydrogens is 300 g/mol. The van der Waals surface area contributed by atoms with Crippen LogP contribution in [0.2, 0.25) is 0 Å². The van der Waals surface area contributed by atoms with Crippen LogP contribution in [0, 0.1) is 0 Å². The van der Waals surface area contributed by atoms with E-state index < -0.39 is 5.63 Å². The zero-order valence-electron chi connectivity index (χ0n) is 10.0. The van der Waals surface area contributed by atoms with E-state index in [1.165, 1.54) is 18.2 Å². The molecule has 96 valence electrons. The summed E-state index contributed by atoms with van der Waals surface area (Å²) in [7, 11) is 0. The summed E-state index contributed by atoms with van der Waals surface area (Å²) in [5, 5.41) is 10.5. The molecule has 1 heterocycles. The van der Waals surface area contributed by atoms with Crippen LogP contribution in [0.5, 0.6) is 11.5 Å². The van der Waals surface area contributed by atoms with Crippen LogP contribution in [0.1, 0.15) is 13.8 Å². The zero-order chi connectivity index (χ0) is 13.3. The predicted molar refractivity (Wildman–Crippen MR) is 72.6 cm³/mol. The minimum atomic E-state index is -0.430. The first-order valence-electron chi connectivity index (χ1n) is 5.55. The fourth-order valence-corrected chi connectivity index (χ4v) is 1.58. The number of ether oxygens (including phenoxy) is 1. The van der Waals surface area contributed by atoms with E-state index in [0.717, 1.165) is 0 Å². The number of alkyl halides is 1. The highest BCUT2D eigenvalue weighted by atomic mass is 79.9. The average molecular weight is 313 g/mol. The Morgan fingerprint density at radius 3 is 2.72 bits per heavy atom. The molecule has 1 N–H and O–H groups in total. The van der Waals surface area contributed by atoms with Gasteiger partial charge in [0.25, 0.3) is 0 Å². The van der Waals surface area contributed by atoms with Gasteiger partial charge in [0.1, 0.15) is 11.7 Å². The number of aromatic hydroxyl groups is 1. The maximum absolute atomic E-state index is 11.1. The van der Waals surface area contributed by atoms with Gasteiger partial charge in [-0.1, -0.05) is 15.9 Å². The molecule has 0 radical (unpaired) electrons. The first kappa shape index (κ1) is 13.0. The highest BCUT2D eigenvalue weighted by Gasteiger charge is 2.14. The lowest BCUT2D eigenvalue weighted by atomic mass is 10.2. The van der Waals surface area contributed by atoms with E-state index in [2.05, 4.69) is 15.9 Å². The van der Waals surface area contributed by atoms with Crippen molar-refractivity contribution >= 4 is 26.9 Å². The van der Waals surface area contributed by atoms with Crippen LogP contribution in [0.3, 0.4) is 0 Å². The van der Waals surface area contributed by atoms with Gasteiger partial charge in [-0.3, -0.25) is 0 Å². The molecule has 0 saturated heterocycles. The van der Waals surface area contributed by atoms with E-state index in [9.17, 15) is 9.90 Å². The third-order valence-corrected chi connectivity index (χ3v) is 3.41. The quantitative estimate of drug-likeness (QED) is 0.699. The lowest BCUT2D eigenvalue weighted by Crippen LogP contribution is -2.20. The molecule has 0 aliphatic rings. The van der Waals surface area contributed by atoms with E-state index in [1.807, 2.05) is 13.8 Å². The van der Waals surface area contributed by atoms with Gasteiger partial charge < -0.3 is 14.3 Å². The molecule has 0 aliphatic carbocycles. The largest absolute Gasteiger partial charge is 0.504 e. The summed E-state index contributed by atoms with van der Waals surface area (Å²) in [5.74, 6) is 0.326. The van der Waals surface area contributed by atoms with Gasteiger partial charge in [-0.05, 0) is 26.0 Å². The molecule has 5 heteroatoms. The van der Waals surface area contributed by atoms with Gasteiger partial charge in [0, 0.05) is 22.3 Å². The molecule has 0 spiro atoms. The summed E-state index contributed by atoms with van der Waals surface area (Å²) in [4.78, 5) is 11.3. The summed E-state index contributed by atoms with van der Waals surface area (Å²) in [6.45, 7) is 3.83. The van der Waals surface area contributed by atoms with Crippen molar-refractivity contribution in [3.63, 3.8) is 0 Å². The Morgan fingerprint density at radius 2 is 2.06 bits per heavy atom. The van der Waals surface area contributed by atoms with Crippen molar-refractivity contribution in [3.8, 4) is 11.5 Å². The number of fused-ring (bicyclic) bond motifs is 1. The van der Waals surface area contributed by atoms with E-state index in [-0.39, 0.29) is 16.7 Å². The fourth-order valence-electron chi connectivity index (χ4n) is 1.47. The molecule has 0 bridgehead atoms. The Bertz CT molecular complexity index is 618. The number of halogens is 1. The second kappa shape index (κ2) is 5.02. The second-order valence-electron chi connectivity index (χ2n) is 4.11. The topological polar surface area (TPSA) is 59.7 Å². The molecule has 0 aliphatic heterocycles. The number of phenols is 1. The number of hydrogen-bond donors (Lipinski definition) is 1. The number of benzene rings is 1. The van der Waals surface area contributed by atoms with Crippen LogP contribution < -0.4 is 10.4 Å². The Labute approximate surface area is 112 Å². The lowest BCUT2D eigenvalue weighted by Gasteiger charge is -2.17. The maximum atomic E-state index is 11.1. The fraction of sp³-hybridized carbons (Fsp3) is 0.308. The van der Waals surface area contributed by atoms with E-state index in [1.54, 1.807) is 6.07 Å². The summed E-state index contributed by atoms with van der Waals surface area (Å²) >= 11 is 3.40. The van der Waals surface area contributed by atoms with Crippen molar-refractivity contribution in [2.75, 3.05) is 0 Å². The standard InChI is InChI=1S/C13H13BrO4/c1-7(14)8(2)17-12-6-11-9(5-10(12)15)3-4-13(16)18-11/h3-8,15H,1-2H3. The third-order valence-electron chi connectivity index (χ3n) is 2.66. The van der Waals surface area contributed by atoms with Crippen LogP contribution in [0.25, 0.3) is 11.0 Å². The van der Waals surface area contributed by atoms with Gasteiger partial charge in [0.05, 0.1) is 0 Å². The van der Waals surface area contributed by atoms with Gasteiger partial charge in [0.2, 0.25) is 0 Å². The minimum Gasteiger partial charge on any atom is -0.504 e. The Morgan fingerprint density at radius 1 is 1.33 bits per heavy atom. The molecule has 18 heavy (non-hydrogen) atoms. The molecule has 1 aromatic carbocycles. The predicted octanol–water partition coefficient (Wildman–Crippen LogP) is 3.05. The van der Waals surface area contributed by atoms with Crippen LogP contribution in [-0.2, 0) is 0 Å². The van der Waals surface area contributed by atoms with Crippen LogP contribution >= 0.6 is 15.9 Å². The van der Waals surface area contributed by atoms with Crippen molar-refractivity contribution in [3.05, 3.63) is 34.7 Å². The van der Waals surface area contributed by atoms with E-state index >= 15 is 0 Å². The minimum absolute atomic E-state index is 0.0244. The van der Waals surface area contributed by atoms with Crippen LogP contribution in [0.15, 0.2) is 33.5 Å². The number of phenolic OH excluding ortho intramolecular Hbond substituents is 1. The smallest absolute Gasteiger partial charge is 0.336 e. The summed E-state index contributed by atoms with van der Waals surface area (Å²) < 4.78 is 10.6. The maximum Gasteiger partial charge on any atom is 0.336 e. The number of rotatable bonds is 3. The molecule has 2 atom stereocenters. The van der Waals surface area contributed by atoms with Gasteiger partial charge in [-0.15, -0.1) is 0 Å². The lowest BCUT2D eigenvalue weighted by molar-refractivity contribution is 0.216. The normalized spacial score (nSPS) is 14.4. The molecular formula is C13H13BrO4. The molecule has 0 fully saturated rings. The van der Waals surface area contributed by atoms with Gasteiger partial charge in [0.15, 0.2) is 11.5 Å². The highest BCUT2D eigenvalue weighted by Crippen LogP contribution is 2.32. The van der Waals surface area contributed by atoms with Crippen LogP contribution in [-0.4, -0.2) is 16.0 Å². The van der Waals surface area contributed by atoms with Crippen molar-refractivity contribution in [1.82, 2.24) is 0 Å². The Hall–Kier alpha value is -1.49. The van der Waals surface area contributed by atoms with Crippen molar-refractivity contribution in [2.24, 2.45) is 0 Å². The SMILES string of the molecule is CC(Br)C(C)Oc1cc2oc(=O)ccc2cc1O. The molecule has 4 nitrogen and oxygen atoms in total. The van der Waals surface area contributed by atoms with Crippen molar-refractivity contribution in [1.29, 1.82) is 0 Å². The highest BCUT2D eigenvalue weighted by molar-refractivity contribution is 9.09. The molecule has 2 rings (SSSR count). The van der Waals surface area contributed by atoms with Gasteiger partial charge >= 0.3 is 5.63 Å². The average Bonchev–Trinajstić information content (AvgIpc) is 2.30.